The monoisotopic (exact) mass is 430 g/mol. The fourth-order valence-corrected chi connectivity index (χ4v) is 4.08. The lowest BCUT2D eigenvalue weighted by Gasteiger charge is -2.34. The third-order valence-electron chi connectivity index (χ3n) is 5.65. The molecule has 4 rings (SSSR count). The van der Waals surface area contributed by atoms with Crippen LogP contribution < -0.4 is 10.2 Å². The molecular weight excluding hydrogens is 408 g/mol. The summed E-state index contributed by atoms with van der Waals surface area (Å²) >= 11 is 6.05. The summed E-state index contributed by atoms with van der Waals surface area (Å²) in [5, 5.41) is 9.53. The zero-order chi connectivity index (χ0) is 21.1. The highest BCUT2D eigenvalue weighted by molar-refractivity contribution is 6.30. The van der Waals surface area contributed by atoms with Gasteiger partial charge in [0.05, 0.1) is 12.6 Å². The number of halogens is 1. The highest BCUT2D eigenvalue weighted by atomic mass is 35.5. The summed E-state index contributed by atoms with van der Waals surface area (Å²) in [6, 6.07) is 12.1. The number of hydroxylamine groups is 1. The quantitative estimate of drug-likeness (QED) is 0.576. The molecule has 1 fully saturated rings. The highest BCUT2D eigenvalue weighted by Crippen LogP contribution is 2.35. The van der Waals surface area contributed by atoms with Crippen LogP contribution in [0.1, 0.15) is 40.4 Å². The second-order valence-corrected chi connectivity index (χ2v) is 7.93. The molecule has 158 valence electrons. The number of hydrogen-bond acceptors (Lipinski definition) is 5. The van der Waals surface area contributed by atoms with Gasteiger partial charge >= 0.3 is 0 Å². The molecule has 1 atom stereocenters. The Morgan fingerprint density at radius 3 is 2.53 bits per heavy atom. The fourth-order valence-electron chi connectivity index (χ4n) is 3.95. The van der Waals surface area contributed by atoms with Crippen molar-refractivity contribution in [2.24, 2.45) is 5.92 Å². The molecule has 2 aromatic rings. The van der Waals surface area contributed by atoms with E-state index in [0.717, 1.165) is 11.1 Å². The molecule has 0 bridgehead atoms. The highest BCUT2D eigenvalue weighted by Gasteiger charge is 2.34. The summed E-state index contributed by atoms with van der Waals surface area (Å²) in [6.07, 6.45) is 1.40. The van der Waals surface area contributed by atoms with Crippen LogP contribution in [0.4, 0.5) is 0 Å². The summed E-state index contributed by atoms with van der Waals surface area (Å²) in [5.74, 6) is -0.103. The van der Waals surface area contributed by atoms with E-state index in [2.05, 4.69) is 0 Å². The molecule has 0 unspecified atom stereocenters. The maximum atomic E-state index is 13.5. The SMILES string of the molecule is O=C(NO)c1ccc2c(c1)OC[C@H](c1ccc(Cl)cc1)N(C(=O)C1CCOCC1)C2. The summed E-state index contributed by atoms with van der Waals surface area (Å²) in [4.78, 5) is 27.1. The maximum Gasteiger partial charge on any atom is 0.274 e. The second-order valence-electron chi connectivity index (χ2n) is 7.49. The van der Waals surface area contributed by atoms with E-state index in [-0.39, 0.29) is 30.0 Å². The van der Waals surface area contributed by atoms with E-state index in [1.54, 1.807) is 35.8 Å². The third-order valence-corrected chi connectivity index (χ3v) is 5.90. The standard InChI is InChI=1S/C22H23ClN2O5/c23-18-5-3-14(4-6-18)19-13-30-20-11-16(21(26)24-28)1-2-17(20)12-25(19)22(27)15-7-9-29-10-8-15/h1-6,11,15,19,28H,7-10,12-13H2,(H,24,26)/t19-/m1/s1. The number of hydrogen-bond donors (Lipinski definition) is 2. The average molecular weight is 431 g/mol. The minimum Gasteiger partial charge on any atom is -0.491 e. The van der Waals surface area contributed by atoms with Crippen molar-refractivity contribution in [2.75, 3.05) is 19.8 Å². The van der Waals surface area contributed by atoms with Gasteiger partial charge in [0.15, 0.2) is 0 Å². The summed E-state index contributed by atoms with van der Waals surface area (Å²) in [6.45, 7) is 1.78. The lowest BCUT2D eigenvalue weighted by molar-refractivity contribution is -0.142. The van der Waals surface area contributed by atoms with E-state index in [1.807, 2.05) is 17.0 Å². The van der Waals surface area contributed by atoms with Crippen LogP contribution in [0.5, 0.6) is 5.75 Å². The Bertz CT molecular complexity index is 928. The maximum absolute atomic E-state index is 13.5. The van der Waals surface area contributed by atoms with Crippen molar-refractivity contribution in [3.8, 4) is 5.75 Å². The van der Waals surface area contributed by atoms with Crippen molar-refractivity contribution in [1.29, 1.82) is 0 Å². The van der Waals surface area contributed by atoms with Crippen molar-refractivity contribution in [3.63, 3.8) is 0 Å². The van der Waals surface area contributed by atoms with Crippen LogP contribution in [0, 0.1) is 5.92 Å². The van der Waals surface area contributed by atoms with Gasteiger partial charge in [-0.2, -0.15) is 0 Å². The topological polar surface area (TPSA) is 88.1 Å². The molecule has 2 aromatic carbocycles. The number of amides is 2. The first-order chi connectivity index (χ1) is 14.6. The number of nitrogens with one attached hydrogen (secondary N) is 1. The van der Waals surface area contributed by atoms with Crippen LogP contribution in [-0.4, -0.2) is 41.7 Å². The van der Waals surface area contributed by atoms with Gasteiger partial charge in [0.1, 0.15) is 12.4 Å². The second kappa shape index (κ2) is 9.04. The summed E-state index contributed by atoms with van der Waals surface area (Å²) in [5.41, 5.74) is 3.65. The molecule has 0 spiro atoms. The molecule has 2 heterocycles. The zero-order valence-corrected chi connectivity index (χ0v) is 17.1. The molecule has 7 nitrogen and oxygen atoms in total. The number of carbonyl (C=O) groups excluding carboxylic acids is 2. The predicted octanol–water partition coefficient (Wildman–Crippen LogP) is 3.35. The molecule has 2 amide bonds. The van der Waals surface area contributed by atoms with Crippen molar-refractivity contribution in [1.82, 2.24) is 10.4 Å². The van der Waals surface area contributed by atoms with E-state index in [0.29, 0.717) is 43.4 Å². The lowest BCUT2D eigenvalue weighted by atomic mass is 9.96. The minimum absolute atomic E-state index is 0.0758. The van der Waals surface area contributed by atoms with E-state index in [1.165, 1.54) is 0 Å². The largest absolute Gasteiger partial charge is 0.491 e. The zero-order valence-electron chi connectivity index (χ0n) is 16.3. The van der Waals surface area contributed by atoms with Gasteiger partial charge in [-0.15, -0.1) is 0 Å². The van der Waals surface area contributed by atoms with Gasteiger partial charge < -0.3 is 14.4 Å². The molecule has 0 aromatic heterocycles. The molecule has 2 aliphatic heterocycles. The Labute approximate surface area is 179 Å². The summed E-state index contributed by atoms with van der Waals surface area (Å²) in [7, 11) is 0. The average Bonchev–Trinajstić information content (AvgIpc) is 2.98. The molecule has 2 N–H and O–H groups in total. The van der Waals surface area contributed by atoms with Crippen LogP contribution in [0.15, 0.2) is 42.5 Å². The van der Waals surface area contributed by atoms with E-state index < -0.39 is 5.91 Å². The third kappa shape index (κ3) is 4.28. The molecule has 2 aliphatic rings. The van der Waals surface area contributed by atoms with Gasteiger partial charge in [0, 0.05) is 35.3 Å². The van der Waals surface area contributed by atoms with E-state index >= 15 is 0 Å². The number of rotatable bonds is 3. The Morgan fingerprint density at radius 1 is 1.10 bits per heavy atom. The van der Waals surface area contributed by atoms with E-state index in [4.69, 9.17) is 26.3 Å². The Kier molecular flexibility index (Phi) is 6.22. The molecule has 0 radical (unpaired) electrons. The number of carbonyl (C=O) groups is 2. The molecule has 1 saturated heterocycles. The Morgan fingerprint density at radius 2 is 1.83 bits per heavy atom. The normalized spacial score (nSPS) is 19.4. The van der Waals surface area contributed by atoms with Gasteiger partial charge in [-0.1, -0.05) is 29.8 Å². The minimum atomic E-state index is -0.616. The smallest absolute Gasteiger partial charge is 0.274 e. The van der Waals surface area contributed by atoms with Crippen molar-refractivity contribution in [2.45, 2.75) is 25.4 Å². The van der Waals surface area contributed by atoms with Crippen molar-refractivity contribution < 1.29 is 24.3 Å². The van der Waals surface area contributed by atoms with Crippen LogP contribution in [0.2, 0.25) is 5.02 Å². The number of benzene rings is 2. The van der Waals surface area contributed by atoms with Gasteiger partial charge in [0.2, 0.25) is 5.91 Å². The molecule has 0 aliphatic carbocycles. The van der Waals surface area contributed by atoms with Crippen molar-refractivity contribution in [3.05, 3.63) is 64.2 Å². The van der Waals surface area contributed by atoms with Crippen LogP contribution in [0.3, 0.4) is 0 Å². The number of fused-ring (bicyclic) bond motifs is 1. The fraction of sp³-hybridized carbons (Fsp3) is 0.364. The first-order valence-electron chi connectivity index (χ1n) is 9.90. The first kappa shape index (κ1) is 20.7. The predicted molar refractivity (Wildman–Crippen MR) is 109 cm³/mol. The van der Waals surface area contributed by atoms with Crippen LogP contribution >= 0.6 is 11.6 Å². The van der Waals surface area contributed by atoms with Gasteiger partial charge in [-0.3, -0.25) is 14.8 Å². The lowest BCUT2D eigenvalue weighted by Crippen LogP contribution is -2.41. The first-order valence-corrected chi connectivity index (χ1v) is 10.3. The Balaban J connectivity index is 1.68. The molecule has 30 heavy (non-hydrogen) atoms. The number of nitrogens with zero attached hydrogens (tertiary/aromatic N) is 1. The van der Waals surface area contributed by atoms with Gasteiger partial charge in [0.25, 0.3) is 5.91 Å². The van der Waals surface area contributed by atoms with Crippen LogP contribution in [0.25, 0.3) is 0 Å². The molecule has 8 heteroatoms. The van der Waals surface area contributed by atoms with Crippen LogP contribution in [-0.2, 0) is 16.1 Å². The number of ether oxygens (including phenoxy) is 2. The van der Waals surface area contributed by atoms with Gasteiger partial charge in [-0.25, -0.2) is 5.48 Å². The summed E-state index contributed by atoms with van der Waals surface area (Å²) < 4.78 is 11.5. The van der Waals surface area contributed by atoms with Gasteiger partial charge in [-0.05, 0) is 42.7 Å². The Hall–Kier alpha value is -2.61. The molecule has 0 saturated carbocycles. The molecular formula is C22H23ClN2O5. The van der Waals surface area contributed by atoms with Crippen molar-refractivity contribution >= 4 is 23.4 Å². The van der Waals surface area contributed by atoms with E-state index in [9.17, 15) is 9.59 Å².